The van der Waals surface area contributed by atoms with Crippen LogP contribution in [0.25, 0.3) is 11.0 Å². The molecular weight excluding hydrogens is 252 g/mol. The van der Waals surface area contributed by atoms with Crippen molar-refractivity contribution in [2.45, 2.75) is 32.1 Å². The molecule has 0 unspecified atom stereocenters. The molecule has 0 radical (unpaired) electrons. The average molecular weight is 270 g/mol. The molecule has 0 atom stereocenters. The molecule has 0 saturated heterocycles. The first kappa shape index (κ1) is 11.9. The molecule has 104 valence electrons. The summed E-state index contributed by atoms with van der Waals surface area (Å²) in [4.78, 5) is 12.1. The molecule has 2 aromatic rings. The second-order valence-corrected chi connectivity index (χ2v) is 6.22. The number of hydrogen-bond acceptors (Lipinski definition) is 3. The Balaban J connectivity index is 1.40. The molecule has 2 aliphatic carbocycles. The van der Waals surface area contributed by atoms with E-state index in [9.17, 15) is 4.79 Å². The predicted octanol–water partition coefficient (Wildman–Crippen LogP) is 2.68. The summed E-state index contributed by atoms with van der Waals surface area (Å²) in [6, 6.07) is 7.66. The summed E-state index contributed by atoms with van der Waals surface area (Å²) < 4.78 is 5.23. The highest BCUT2D eigenvalue weighted by Gasteiger charge is 2.53. The highest BCUT2D eigenvalue weighted by atomic mass is 16.5. The zero-order chi connectivity index (χ0) is 13.6. The lowest BCUT2D eigenvalue weighted by molar-refractivity contribution is -0.120. The first-order valence-electron chi connectivity index (χ1n) is 7.37. The van der Waals surface area contributed by atoms with Crippen molar-refractivity contribution < 1.29 is 9.32 Å². The van der Waals surface area contributed by atoms with E-state index in [4.69, 9.17) is 4.52 Å². The number of carbonyl (C=O) groups is 1. The van der Waals surface area contributed by atoms with Gasteiger partial charge in [-0.15, -0.1) is 0 Å². The Labute approximate surface area is 117 Å². The second kappa shape index (κ2) is 4.33. The average Bonchev–Trinajstić information content (AvgIpc) is 3.35. The van der Waals surface area contributed by atoms with Gasteiger partial charge < -0.3 is 9.84 Å². The SMILES string of the molecule is O=C(Cc1noc2ccccc12)NCC1(C2CC2)CC1. The third-order valence-corrected chi connectivity index (χ3v) is 4.75. The molecule has 4 heteroatoms. The largest absolute Gasteiger partial charge is 0.356 e. The molecule has 0 bridgehead atoms. The number of hydrogen-bond donors (Lipinski definition) is 1. The van der Waals surface area contributed by atoms with Crippen LogP contribution in [0.1, 0.15) is 31.4 Å². The minimum atomic E-state index is 0.0518. The third-order valence-electron chi connectivity index (χ3n) is 4.75. The van der Waals surface area contributed by atoms with Crippen LogP contribution < -0.4 is 5.32 Å². The van der Waals surface area contributed by atoms with Crippen LogP contribution in [-0.4, -0.2) is 17.6 Å². The number of rotatable bonds is 5. The van der Waals surface area contributed by atoms with Crippen molar-refractivity contribution in [2.75, 3.05) is 6.54 Å². The highest BCUT2D eigenvalue weighted by Crippen LogP contribution is 2.60. The van der Waals surface area contributed by atoms with Gasteiger partial charge in [0.05, 0.1) is 6.42 Å². The standard InChI is InChI=1S/C16H18N2O2/c19-15(17-10-16(7-8-16)11-5-6-11)9-13-12-3-1-2-4-14(12)20-18-13/h1-4,11H,5-10H2,(H,17,19). The predicted molar refractivity (Wildman–Crippen MR) is 75.1 cm³/mol. The Morgan fingerprint density at radius 2 is 2.15 bits per heavy atom. The van der Waals surface area contributed by atoms with E-state index in [0.717, 1.165) is 29.1 Å². The summed E-state index contributed by atoms with van der Waals surface area (Å²) in [7, 11) is 0. The van der Waals surface area contributed by atoms with E-state index in [1.165, 1.54) is 25.7 Å². The van der Waals surface area contributed by atoms with Gasteiger partial charge in [0.2, 0.25) is 5.91 Å². The quantitative estimate of drug-likeness (QED) is 0.908. The maximum absolute atomic E-state index is 12.1. The molecule has 1 aromatic carbocycles. The monoisotopic (exact) mass is 270 g/mol. The molecule has 20 heavy (non-hydrogen) atoms. The number of aromatic nitrogens is 1. The number of amides is 1. The van der Waals surface area contributed by atoms with E-state index in [-0.39, 0.29) is 5.91 Å². The molecule has 1 aromatic heterocycles. The van der Waals surface area contributed by atoms with Gasteiger partial charge in [0.25, 0.3) is 0 Å². The maximum Gasteiger partial charge on any atom is 0.226 e. The number of nitrogens with zero attached hydrogens (tertiary/aromatic N) is 1. The molecule has 4 rings (SSSR count). The summed E-state index contributed by atoms with van der Waals surface area (Å²) in [5.74, 6) is 0.923. The van der Waals surface area contributed by atoms with Crippen LogP contribution in [0.3, 0.4) is 0 Å². The number of para-hydroxylation sites is 1. The van der Waals surface area contributed by atoms with E-state index in [2.05, 4.69) is 10.5 Å². The van der Waals surface area contributed by atoms with Crippen molar-refractivity contribution in [3.8, 4) is 0 Å². The third kappa shape index (κ3) is 2.09. The van der Waals surface area contributed by atoms with Gasteiger partial charge in [0.15, 0.2) is 5.58 Å². The molecule has 1 heterocycles. The van der Waals surface area contributed by atoms with Crippen LogP contribution in [0, 0.1) is 11.3 Å². The summed E-state index contributed by atoms with van der Waals surface area (Å²) in [6.07, 6.45) is 5.57. The number of benzene rings is 1. The summed E-state index contributed by atoms with van der Waals surface area (Å²) >= 11 is 0. The molecule has 0 spiro atoms. The summed E-state index contributed by atoms with van der Waals surface area (Å²) in [5, 5.41) is 8.03. The molecule has 2 saturated carbocycles. The van der Waals surface area contributed by atoms with E-state index >= 15 is 0 Å². The first-order valence-corrected chi connectivity index (χ1v) is 7.37. The molecule has 2 aliphatic rings. The molecule has 1 amide bonds. The molecule has 4 nitrogen and oxygen atoms in total. The number of fused-ring (bicyclic) bond motifs is 1. The zero-order valence-corrected chi connectivity index (χ0v) is 11.4. The summed E-state index contributed by atoms with van der Waals surface area (Å²) in [5.41, 5.74) is 1.92. The van der Waals surface area contributed by atoms with Crippen molar-refractivity contribution in [1.82, 2.24) is 10.5 Å². The minimum absolute atomic E-state index is 0.0518. The molecular formula is C16H18N2O2. The lowest BCUT2D eigenvalue weighted by Gasteiger charge is -2.14. The minimum Gasteiger partial charge on any atom is -0.356 e. The van der Waals surface area contributed by atoms with Crippen LogP contribution in [0.15, 0.2) is 28.8 Å². The fraction of sp³-hybridized carbons (Fsp3) is 0.500. The van der Waals surface area contributed by atoms with Crippen LogP contribution >= 0.6 is 0 Å². The van der Waals surface area contributed by atoms with Crippen molar-refractivity contribution >= 4 is 16.9 Å². The Morgan fingerprint density at radius 1 is 1.35 bits per heavy atom. The van der Waals surface area contributed by atoms with Crippen LogP contribution in [0.2, 0.25) is 0 Å². The van der Waals surface area contributed by atoms with Gasteiger partial charge in [-0.3, -0.25) is 4.79 Å². The van der Waals surface area contributed by atoms with Gasteiger partial charge in [0, 0.05) is 11.9 Å². The van der Waals surface area contributed by atoms with Gasteiger partial charge in [-0.2, -0.15) is 0 Å². The Kier molecular flexibility index (Phi) is 2.59. The van der Waals surface area contributed by atoms with E-state index < -0.39 is 0 Å². The molecule has 1 N–H and O–H groups in total. The lowest BCUT2D eigenvalue weighted by Crippen LogP contribution is -2.32. The van der Waals surface area contributed by atoms with Gasteiger partial charge in [-0.05, 0) is 49.1 Å². The van der Waals surface area contributed by atoms with Gasteiger partial charge in [-0.1, -0.05) is 17.3 Å². The zero-order valence-electron chi connectivity index (χ0n) is 11.4. The van der Waals surface area contributed by atoms with Gasteiger partial charge in [-0.25, -0.2) is 0 Å². The normalized spacial score (nSPS) is 20.0. The Morgan fingerprint density at radius 3 is 2.90 bits per heavy atom. The smallest absolute Gasteiger partial charge is 0.226 e. The Bertz CT molecular complexity index is 653. The maximum atomic E-state index is 12.1. The number of nitrogens with one attached hydrogen (secondary N) is 1. The lowest BCUT2D eigenvalue weighted by atomic mass is 10.0. The number of carbonyl (C=O) groups excluding carboxylic acids is 1. The van der Waals surface area contributed by atoms with E-state index in [0.29, 0.717) is 11.8 Å². The second-order valence-electron chi connectivity index (χ2n) is 6.22. The van der Waals surface area contributed by atoms with Gasteiger partial charge >= 0.3 is 0 Å². The topological polar surface area (TPSA) is 55.1 Å². The van der Waals surface area contributed by atoms with Crippen LogP contribution in [-0.2, 0) is 11.2 Å². The van der Waals surface area contributed by atoms with E-state index in [1.807, 2.05) is 24.3 Å². The summed E-state index contributed by atoms with van der Waals surface area (Å²) in [6.45, 7) is 0.840. The Hall–Kier alpha value is -1.84. The first-order chi connectivity index (χ1) is 9.77. The molecule has 0 aliphatic heterocycles. The van der Waals surface area contributed by atoms with Crippen molar-refractivity contribution in [1.29, 1.82) is 0 Å². The van der Waals surface area contributed by atoms with Crippen molar-refractivity contribution in [3.05, 3.63) is 30.0 Å². The van der Waals surface area contributed by atoms with Gasteiger partial charge in [0.1, 0.15) is 5.69 Å². The van der Waals surface area contributed by atoms with Crippen LogP contribution in [0.4, 0.5) is 0 Å². The van der Waals surface area contributed by atoms with Crippen molar-refractivity contribution in [2.24, 2.45) is 11.3 Å². The molecule has 2 fully saturated rings. The fourth-order valence-electron chi connectivity index (χ4n) is 3.14. The fourth-order valence-corrected chi connectivity index (χ4v) is 3.14. The highest BCUT2D eigenvalue weighted by molar-refractivity contribution is 5.86. The van der Waals surface area contributed by atoms with E-state index in [1.54, 1.807) is 0 Å². The van der Waals surface area contributed by atoms with Crippen molar-refractivity contribution in [3.63, 3.8) is 0 Å². The van der Waals surface area contributed by atoms with Crippen LogP contribution in [0.5, 0.6) is 0 Å².